The third kappa shape index (κ3) is 3.04. The molecule has 3 nitrogen and oxygen atoms in total. The molecule has 0 amide bonds. The molecule has 2 saturated heterocycles. The number of benzene rings is 1. The molecule has 19 heavy (non-hydrogen) atoms. The fraction of sp³-hybridized carbons (Fsp3) is 0.600. The topological polar surface area (TPSA) is 24.5 Å². The Morgan fingerprint density at radius 1 is 1.37 bits per heavy atom. The van der Waals surface area contributed by atoms with Crippen molar-refractivity contribution in [3.63, 3.8) is 0 Å². The Balaban J connectivity index is 1.69. The van der Waals surface area contributed by atoms with Gasteiger partial charge in [-0.05, 0) is 50.6 Å². The van der Waals surface area contributed by atoms with Crippen LogP contribution in [0.3, 0.4) is 0 Å². The Kier molecular flexibility index (Phi) is 3.96. The van der Waals surface area contributed by atoms with Gasteiger partial charge in [-0.25, -0.2) is 0 Å². The Morgan fingerprint density at radius 3 is 2.89 bits per heavy atom. The third-order valence-corrected chi connectivity index (χ3v) is 4.36. The molecule has 0 saturated carbocycles. The van der Waals surface area contributed by atoms with E-state index < -0.39 is 0 Å². The van der Waals surface area contributed by atoms with Crippen LogP contribution in [0.2, 0.25) is 5.02 Å². The second kappa shape index (κ2) is 5.70. The lowest BCUT2D eigenvalue weighted by atomic mass is 10.1. The van der Waals surface area contributed by atoms with Crippen LogP contribution in [0.4, 0.5) is 0 Å². The predicted octanol–water partition coefficient (Wildman–Crippen LogP) is 2.85. The lowest BCUT2D eigenvalue weighted by Crippen LogP contribution is -2.21. The number of ether oxygens (including phenoxy) is 1. The summed E-state index contributed by atoms with van der Waals surface area (Å²) in [5.41, 5.74) is 1.28. The maximum Gasteiger partial charge on any atom is 0.138 e. The first-order valence-corrected chi connectivity index (χ1v) is 7.48. The van der Waals surface area contributed by atoms with Gasteiger partial charge in [-0.2, -0.15) is 0 Å². The molecule has 1 N–H and O–H groups in total. The van der Waals surface area contributed by atoms with Crippen molar-refractivity contribution in [1.82, 2.24) is 10.2 Å². The van der Waals surface area contributed by atoms with Gasteiger partial charge in [0.05, 0.1) is 5.02 Å². The van der Waals surface area contributed by atoms with Crippen molar-refractivity contribution in [2.75, 3.05) is 26.7 Å². The number of rotatable bonds is 3. The normalized spacial score (nSPS) is 27.9. The monoisotopic (exact) mass is 280 g/mol. The van der Waals surface area contributed by atoms with Crippen LogP contribution in [-0.2, 0) is 0 Å². The van der Waals surface area contributed by atoms with Gasteiger partial charge in [0, 0.05) is 19.1 Å². The highest BCUT2D eigenvalue weighted by atomic mass is 35.5. The van der Waals surface area contributed by atoms with Crippen LogP contribution in [0.5, 0.6) is 5.75 Å². The minimum Gasteiger partial charge on any atom is -0.487 e. The van der Waals surface area contributed by atoms with Crippen molar-refractivity contribution in [3.05, 3.63) is 28.8 Å². The average molecular weight is 281 g/mol. The summed E-state index contributed by atoms with van der Waals surface area (Å²) >= 11 is 6.36. The average Bonchev–Trinajstić information content (AvgIpc) is 3.03. The zero-order valence-corrected chi connectivity index (χ0v) is 12.1. The van der Waals surface area contributed by atoms with E-state index in [-0.39, 0.29) is 6.10 Å². The van der Waals surface area contributed by atoms with E-state index in [0.29, 0.717) is 6.04 Å². The molecule has 0 spiro atoms. The van der Waals surface area contributed by atoms with E-state index in [2.05, 4.69) is 29.4 Å². The van der Waals surface area contributed by atoms with Crippen LogP contribution >= 0.6 is 11.6 Å². The summed E-state index contributed by atoms with van der Waals surface area (Å²) in [6, 6.07) is 6.68. The van der Waals surface area contributed by atoms with Crippen LogP contribution in [0.15, 0.2) is 18.2 Å². The molecule has 3 rings (SSSR count). The molecule has 1 aromatic rings. The minimum atomic E-state index is 0.276. The predicted molar refractivity (Wildman–Crippen MR) is 78.0 cm³/mol. The summed E-state index contributed by atoms with van der Waals surface area (Å²) in [5.74, 6) is 0.823. The van der Waals surface area contributed by atoms with Crippen molar-refractivity contribution < 1.29 is 4.74 Å². The van der Waals surface area contributed by atoms with Gasteiger partial charge in [-0.3, -0.25) is 0 Å². The van der Waals surface area contributed by atoms with E-state index in [1.54, 1.807) is 0 Å². The Bertz CT molecular complexity index is 446. The summed E-state index contributed by atoms with van der Waals surface area (Å²) in [5, 5.41) is 4.23. The smallest absolute Gasteiger partial charge is 0.138 e. The molecule has 1 aromatic carbocycles. The maximum absolute atomic E-state index is 6.36. The first-order chi connectivity index (χ1) is 9.22. The van der Waals surface area contributed by atoms with Gasteiger partial charge in [0.2, 0.25) is 0 Å². The number of likely N-dealkylation sites (N-methyl/N-ethyl adjacent to an activating group) is 1. The highest BCUT2D eigenvalue weighted by Crippen LogP contribution is 2.32. The Morgan fingerprint density at radius 2 is 2.26 bits per heavy atom. The maximum atomic E-state index is 6.36. The van der Waals surface area contributed by atoms with Gasteiger partial charge in [-0.15, -0.1) is 0 Å². The highest BCUT2D eigenvalue weighted by Gasteiger charge is 2.22. The number of hydrogen-bond donors (Lipinski definition) is 1. The van der Waals surface area contributed by atoms with Crippen LogP contribution < -0.4 is 10.1 Å². The van der Waals surface area contributed by atoms with E-state index in [0.717, 1.165) is 36.8 Å². The minimum absolute atomic E-state index is 0.276. The van der Waals surface area contributed by atoms with Gasteiger partial charge >= 0.3 is 0 Å². The number of halogens is 1. The van der Waals surface area contributed by atoms with Gasteiger partial charge in [0.25, 0.3) is 0 Å². The number of nitrogens with one attached hydrogen (secondary N) is 1. The summed E-state index contributed by atoms with van der Waals surface area (Å²) in [6.07, 6.45) is 3.80. The largest absolute Gasteiger partial charge is 0.487 e. The molecule has 0 aromatic heterocycles. The van der Waals surface area contributed by atoms with E-state index in [1.807, 2.05) is 6.07 Å². The second-order valence-corrected chi connectivity index (χ2v) is 6.04. The van der Waals surface area contributed by atoms with Crippen molar-refractivity contribution in [2.24, 2.45) is 0 Å². The van der Waals surface area contributed by atoms with E-state index >= 15 is 0 Å². The molecule has 0 bridgehead atoms. The molecule has 104 valence electrons. The van der Waals surface area contributed by atoms with E-state index in [9.17, 15) is 0 Å². The molecule has 4 heteroatoms. The van der Waals surface area contributed by atoms with Gasteiger partial charge < -0.3 is 15.0 Å². The van der Waals surface area contributed by atoms with Crippen LogP contribution in [0, 0.1) is 0 Å². The first-order valence-electron chi connectivity index (χ1n) is 7.10. The molecule has 2 aliphatic heterocycles. The number of hydrogen-bond acceptors (Lipinski definition) is 3. The summed E-state index contributed by atoms with van der Waals surface area (Å²) < 4.78 is 6.00. The molecule has 2 heterocycles. The van der Waals surface area contributed by atoms with Crippen molar-refractivity contribution >= 4 is 11.6 Å². The van der Waals surface area contributed by atoms with Crippen LogP contribution in [-0.4, -0.2) is 37.7 Å². The molecule has 2 unspecified atom stereocenters. The quantitative estimate of drug-likeness (QED) is 0.921. The van der Waals surface area contributed by atoms with Crippen molar-refractivity contribution in [1.29, 1.82) is 0 Å². The van der Waals surface area contributed by atoms with E-state index in [1.165, 1.54) is 18.4 Å². The van der Waals surface area contributed by atoms with Gasteiger partial charge in [0.15, 0.2) is 0 Å². The van der Waals surface area contributed by atoms with Gasteiger partial charge in [-0.1, -0.05) is 17.7 Å². The molecule has 0 radical (unpaired) electrons. The third-order valence-electron chi connectivity index (χ3n) is 4.06. The zero-order chi connectivity index (χ0) is 13.2. The number of likely N-dealkylation sites (tertiary alicyclic amines) is 1. The fourth-order valence-electron chi connectivity index (χ4n) is 2.97. The standard InChI is InChI=1S/C15H21ClN2O/c1-18-8-6-12(10-18)19-15-5-4-11(9-13(15)16)14-3-2-7-17-14/h4-5,9,12,14,17H,2-3,6-8,10H2,1H3. The SMILES string of the molecule is CN1CCC(Oc2ccc(C3CCCN3)cc2Cl)C1. The molecule has 2 atom stereocenters. The van der Waals surface area contributed by atoms with Gasteiger partial charge in [0.1, 0.15) is 11.9 Å². The summed E-state index contributed by atoms with van der Waals surface area (Å²) in [4.78, 5) is 2.29. The molecule has 2 fully saturated rings. The van der Waals surface area contributed by atoms with Crippen LogP contribution in [0.1, 0.15) is 30.9 Å². The molecular formula is C15H21ClN2O. The second-order valence-electron chi connectivity index (χ2n) is 5.63. The lowest BCUT2D eigenvalue weighted by Gasteiger charge is -2.17. The lowest BCUT2D eigenvalue weighted by molar-refractivity contribution is 0.208. The highest BCUT2D eigenvalue weighted by molar-refractivity contribution is 6.32. The van der Waals surface area contributed by atoms with Crippen molar-refractivity contribution in [2.45, 2.75) is 31.4 Å². The summed E-state index contributed by atoms with van der Waals surface area (Å²) in [6.45, 7) is 3.20. The van der Waals surface area contributed by atoms with E-state index in [4.69, 9.17) is 16.3 Å². The van der Waals surface area contributed by atoms with Crippen molar-refractivity contribution in [3.8, 4) is 5.75 Å². The molecule has 2 aliphatic rings. The van der Waals surface area contributed by atoms with Crippen LogP contribution in [0.25, 0.3) is 0 Å². The number of nitrogens with zero attached hydrogens (tertiary/aromatic N) is 1. The fourth-order valence-corrected chi connectivity index (χ4v) is 3.20. The Hall–Kier alpha value is -0.770. The molecular weight excluding hydrogens is 260 g/mol. The molecule has 0 aliphatic carbocycles. The zero-order valence-electron chi connectivity index (χ0n) is 11.4. The Labute approximate surface area is 119 Å². The summed E-state index contributed by atoms with van der Waals surface area (Å²) in [7, 11) is 2.12. The first kappa shape index (κ1) is 13.2.